The second-order valence-corrected chi connectivity index (χ2v) is 11.3. The van der Waals surface area contributed by atoms with Crippen LogP contribution in [-0.2, 0) is 16.5 Å². The Morgan fingerprint density at radius 3 is 1.16 bits per heavy atom. The van der Waals surface area contributed by atoms with Crippen LogP contribution >= 0.6 is 28.3 Å². The Bertz CT molecular complexity index is 821. The minimum atomic E-state index is -0.434. The Morgan fingerprint density at radius 1 is 0.484 bits per heavy atom. The van der Waals surface area contributed by atoms with Crippen LogP contribution in [0.4, 0.5) is 0 Å². The van der Waals surface area contributed by atoms with Crippen LogP contribution < -0.4 is 21.2 Å². The Hall–Kier alpha value is -1.48. The van der Waals surface area contributed by atoms with E-state index in [0.29, 0.717) is 0 Å². The van der Waals surface area contributed by atoms with Gasteiger partial charge in [0.15, 0.2) is 0 Å². The molecule has 0 radical (unpaired) electrons. The first kappa shape index (κ1) is 25.8. The standard InChI is InChI=1S/C27H25P2.ClH.Ni/c1-5-14-24(15-6-1)28(25-16-7-2-8-17-25)22-13-23-29(26-18-9-3-10-19-26)27-20-11-4-12-21-27;;/h1-12,14-22H,13,23H2;1H;/q-1;;. The quantitative estimate of drug-likeness (QED) is 0.151. The predicted octanol–water partition coefficient (Wildman–Crippen LogP) is 6.22. The second kappa shape index (κ2) is 13.8. The maximum absolute atomic E-state index is 2.57. The van der Waals surface area contributed by atoms with Gasteiger partial charge in [0.05, 0.1) is 0 Å². The van der Waals surface area contributed by atoms with Gasteiger partial charge in [-0.25, -0.2) is 7.92 Å². The zero-order valence-electron chi connectivity index (χ0n) is 17.2. The third kappa shape index (κ3) is 7.27. The molecular formula is C27H26ClNiP2-. The van der Waals surface area contributed by atoms with E-state index in [1.807, 2.05) is 0 Å². The minimum Gasteiger partial charge on any atom is -0.293 e. The first-order valence-corrected chi connectivity index (χ1v) is 13.0. The SMILES string of the molecule is Cl.[Ni].c1ccc(P([CH-]CCP(c2ccccc2)c2ccccc2)c2ccccc2)cc1. The zero-order chi connectivity index (χ0) is 19.7. The number of benzene rings is 4. The van der Waals surface area contributed by atoms with Crippen LogP contribution in [0.2, 0.25) is 0 Å². The third-order valence-corrected chi connectivity index (χ3v) is 9.75. The largest absolute Gasteiger partial charge is 0.293 e. The predicted molar refractivity (Wildman–Crippen MR) is 139 cm³/mol. The average Bonchev–Trinajstić information content (AvgIpc) is 2.81. The molecule has 0 unspecified atom stereocenters. The van der Waals surface area contributed by atoms with Gasteiger partial charge in [0.2, 0.25) is 0 Å². The summed E-state index contributed by atoms with van der Waals surface area (Å²) < 4.78 is 0. The van der Waals surface area contributed by atoms with Crippen LogP contribution in [0.5, 0.6) is 0 Å². The Kier molecular flexibility index (Phi) is 11.5. The molecule has 162 valence electrons. The van der Waals surface area contributed by atoms with Crippen molar-refractivity contribution in [2.75, 3.05) is 6.16 Å². The van der Waals surface area contributed by atoms with Crippen molar-refractivity contribution in [1.82, 2.24) is 0 Å². The van der Waals surface area contributed by atoms with Crippen LogP contribution in [0.25, 0.3) is 0 Å². The molecule has 0 nitrogen and oxygen atoms in total. The summed E-state index contributed by atoms with van der Waals surface area (Å²) in [4.78, 5) is 0. The molecule has 4 aromatic carbocycles. The van der Waals surface area contributed by atoms with Crippen LogP contribution in [-0.4, -0.2) is 6.16 Å². The van der Waals surface area contributed by atoms with E-state index in [-0.39, 0.29) is 36.8 Å². The number of halogens is 1. The summed E-state index contributed by atoms with van der Waals surface area (Å²) in [6.07, 6.45) is 4.87. The summed E-state index contributed by atoms with van der Waals surface area (Å²) in [5, 5.41) is 5.78. The van der Waals surface area contributed by atoms with Gasteiger partial charge < -0.3 is 0 Å². The summed E-state index contributed by atoms with van der Waals surface area (Å²) in [5.41, 5.74) is 0. The van der Waals surface area contributed by atoms with E-state index in [1.54, 1.807) is 0 Å². The average molecular weight is 507 g/mol. The number of hydrogen-bond acceptors (Lipinski definition) is 0. The monoisotopic (exact) mass is 505 g/mol. The topological polar surface area (TPSA) is 0 Å². The molecule has 0 N–H and O–H groups in total. The summed E-state index contributed by atoms with van der Waals surface area (Å²) in [6, 6.07) is 43.9. The van der Waals surface area contributed by atoms with Crippen LogP contribution in [0.15, 0.2) is 121 Å². The van der Waals surface area contributed by atoms with E-state index in [0.717, 1.165) is 6.42 Å². The van der Waals surface area contributed by atoms with Gasteiger partial charge >= 0.3 is 0 Å². The summed E-state index contributed by atoms with van der Waals surface area (Å²) >= 11 is 0. The molecule has 0 fully saturated rings. The van der Waals surface area contributed by atoms with E-state index in [9.17, 15) is 0 Å². The molecule has 0 heterocycles. The maximum Gasteiger partial charge on any atom is 0 e. The van der Waals surface area contributed by atoms with Crippen molar-refractivity contribution in [3.05, 3.63) is 127 Å². The molecule has 4 aromatic rings. The zero-order valence-corrected chi connectivity index (χ0v) is 20.8. The number of rotatable bonds is 8. The van der Waals surface area contributed by atoms with E-state index in [2.05, 4.69) is 127 Å². The Balaban J connectivity index is 0.00000171. The Labute approximate surface area is 205 Å². The normalized spacial score (nSPS) is 10.4. The van der Waals surface area contributed by atoms with Gasteiger partial charge in [0.25, 0.3) is 0 Å². The first-order chi connectivity index (χ1) is 14.4. The molecule has 0 bridgehead atoms. The van der Waals surface area contributed by atoms with Gasteiger partial charge in [-0.1, -0.05) is 138 Å². The molecule has 0 aliphatic heterocycles. The smallest absolute Gasteiger partial charge is 0 e. The van der Waals surface area contributed by atoms with Crippen molar-refractivity contribution in [1.29, 1.82) is 0 Å². The van der Waals surface area contributed by atoms with Crippen molar-refractivity contribution in [3.8, 4) is 0 Å². The van der Waals surface area contributed by atoms with Crippen molar-refractivity contribution >= 4 is 49.5 Å². The van der Waals surface area contributed by atoms with Crippen molar-refractivity contribution in [2.24, 2.45) is 0 Å². The fraction of sp³-hybridized carbons (Fsp3) is 0.0741. The fourth-order valence-electron chi connectivity index (χ4n) is 3.48. The van der Waals surface area contributed by atoms with Gasteiger partial charge in [-0.15, -0.1) is 12.4 Å². The molecule has 0 spiro atoms. The summed E-state index contributed by atoms with van der Waals surface area (Å²) in [7, 11) is -0.774. The van der Waals surface area contributed by atoms with Crippen LogP contribution in [0.1, 0.15) is 6.42 Å². The number of hydrogen-bond donors (Lipinski definition) is 0. The van der Waals surface area contributed by atoms with Gasteiger partial charge in [0, 0.05) is 16.5 Å². The molecule has 31 heavy (non-hydrogen) atoms. The molecule has 4 rings (SSSR count). The molecule has 0 amide bonds. The van der Waals surface area contributed by atoms with E-state index in [4.69, 9.17) is 0 Å². The molecular weight excluding hydrogens is 480 g/mol. The first-order valence-electron chi connectivity index (χ1n) is 10.0. The van der Waals surface area contributed by atoms with E-state index in [1.165, 1.54) is 27.4 Å². The second-order valence-electron chi connectivity index (χ2n) is 6.84. The van der Waals surface area contributed by atoms with E-state index < -0.39 is 7.92 Å². The van der Waals surface area contributed by atoms with Gasteiger partial charge in [-0.3, -0.25) is 6.16 Å². The van der Waals surface area contributed by atoms with E-state index >= 15 is 0 Å². The van der Waals surface area contributed by atoms with Gasteiger partial charge in [-0.2, -0.15) is 6.42 Å². The summed E-state index contributed by atoms with van der Waals surface area (Å²) in [5.74, 6) is 0. The molecule has 0 saturated carbocycles. The molecule has 0 saturated heterocycles. The van der Waals surface area contributed by atoms with Crippen LogP contribution in [0.3, 0.4) is 0 Å². The molecule has 0 aromatic heterocycles. The molecule has 0 atom stereocenters. The van der Waals surface area contributed by atoms with Crippen LogP contribution in [0, 0.1) is 6.16 Å². The van der Waals surface area contributed by atoms with Gasteiger partial charge in [-0.05, 0) is 18.5 Å². The van der Waals surface area contributed by atoms with Crippen molar-refractivity contribution < 1.29 is 16.5 Å². The van der Waals surface area contributed by atoms with Crippen molar-refractivity contribution in [2.45, 2.75) is 6.42 Å². The maximum atomic E-state index is 2.57. The third-order valence-electron chi connectivity index (χ3n) is 4.87. The Morgan fingerprint density at radius 2 is 0.806 bits per heavy atom. The fourth-order valence-corrected chi connectivity index (χ4v) is 8.04. The molecule has 4 heteroatoms. The summed E-state index contributed by atoms with van der Waals surface area (Å²) in [6.45, 7) is 0. The molecule has 0 aliphatic rings. The van der Waals surface area contributed by atoms with Gasteiger partial charge in [0.1, 0.15) is 0 Å². The minimum absolute atomic E-state index is 0. The molecule has 0 aliphatic carbocycles. The van der Waals surface area contributed by atoms with Crippen molar-refractivity contribution in [3.63, 3.8) is 0 Å².